The number of hydrogen-bond donors (Lipinski definition) is 1. The molecule has 0 aromatic carbocycles. The van der Waals surface area contributed by atoms with E-state index in [0.29, 0.717) is 18.1 Å². The molecule has 21 heavy (non-hydrogen) atoms. The van der Waals surface area contributed by atoms with Crippen LogP contribution in [0.4, 0.5) is 4.79 Å². The summed E-state index contributed by atoms with van der Waals surface area (Å²) in [6.07, 6.45) is 2.10. The molecule has 0 amide bonds. The van der Waals surface area contributed by atoms with Crippen LogP contribution in [0.2, 0.25) is 0 Å². The van der Waals surface area contributed by atoms with Gasteiger partial charge < -0.3 is 14.7 Å². The summed E-state index contributed by atoms with van der Waals surface area (Å²) < 4.78 is 5.13. The molecule has 2 atom stereocenters. The molecule has 2 heterocycles. The second-order valence-electron chi connectivity index (χ2n) is 6.16. The molecule has 2 rings (SSSR count). The van der Waals surface area contributed by atoms with Gasteiger partial charge in [0.15, 0.2) is 0 Å². The molecule has 1 aliphatic rings. The van der Waals surface area contributed by atoms with Crippen LogP contribution in [0.15, 0.2) is 11.6 Å². The number of thiazole rings is 1. The smallest absolute Gasteiger partial charge is 0.427 e. The number of aliphatic hydroxyl groups excluding tert-OH is 1. The van der Waals surface area contributed by atoms with E-state index in [1.54, 1.807) is 32.0 Å². The number of carbonyl (C=O) groups excluding carboxylic acids is 1. The van der Waals surface area contributed by atoms with Crippen molar-refractivity contribution in [1.29, 1.82) is 0 Å². The number of nitrogens with zero attached hydrogens (tertiary/aromatic N) is 2. The fourth-order valence-electron chi connectivity index (χ4n) is 2.27. The van der Waals surface area contributed by atoms with Gasteiger partial charge >= 0.3 is 6.16 Å². The van der Waals surface area contributed by atoms with Crippen molar-refractivity contribution in [3.05, 3.63) is 16.6 Å². The Morgan fingerprint density at radius 2 is 2.33 bits per heavy atom. The summed E-state index contributed by atoms with van der Waals surface area (Å²) in [6, 6.07) is 0. The fourth-order valence-corrected chi connectivity index (χ4v) is 2.99. The van der Waals surface area contributed by atoms with E-state index >= 15 is 0 Å². The zero-order valence-electron chi connectivity index (χ0n) is 12.6. The van der Waals surface area contributed by atoms with Crippen molar-refractivity contribution < 1.29 is 19.5 Å². The van der Waals surface area contributed by atoms with Gasteiger partial charge in [0.25, 0.3) is 0 Å². The monoisotopic (exact) mass is 314 g/mol. The number of piperidine rings is 1. The minimum absolute atomic E-state index is 0.00679. The van der Waals surface area contributed by atoms with Gasteiger partial charge in [0, 0.05) is 30.6 Å². The van der Waals surface area contributed by atoms with E-state index in [2.05, 4.69) is 4.98 Å². The molecule has 1 aromatic heterocycles. The lowest BCUT2D eigenvalue weighted by Gasteiger charge is -2.33. The highest BCUT2D eigenvalue weighted by Crippen LogP contribution is 2.30. The second-order valence-corrected chi connectivity index (χ2v) is 7.09. The van der Waals surface area contributed by atoms with Crippen molar-refractivity contribution in [3.63, 3.8) is 0 Å². The lowest BCUT2D eigenvalue weighted by molar-refractivity contribution is -0.166. The molecule has 0 aliphatic carbocycles. The van der Waals surface area contributed by atoms with Gasteiger partial charge in [-0.1, -0.05) is 0 Å². The molecule has 6 nitrogen and oxygen atoms in total. The van der Waals surface area contributed by atoms with E-state index in [1.165, 1.54) is 11.3 Å². The Hall–Kier alpha value is -1.18. The number of aliphatic hydroxyl groups is 1. The molecule has 0 spiro atoms. The summed E-state index contributed by atoms with van der Waals surface area (Å²) in [6.45, 7) is 6.51. The van der Waals surface area contributed by atoms with Gasteiger partial charge in [0.05, 0.1) is 0 Å². The average molecular weight is 314 g/mol. The van der Waals surface area contributed by atoms with Gasteiger partial charge in [-0.3, -0.25) is 0 Å². The molecule has 1 saturated heterocycles. The number of aromatic nitrogens is 1. The largest absolute Gasteiger partial charge is 0.528 e. The highest BCUT2D eigenvalue weighted by atomic mass is 32.1. The first kappa shape index (κ1) is 16.2. The Balaban J connectivity index is 1.87. The molecule has 118 valence electrons. The highest BCUT2D eigenvalue weighted by molar-refractivity contribution is 7.09. The molecule has 1 aliphatic heterocycles. The van der Waals surface area contributed by atoms with Crippen LogP contribution < -0.4 is 0 Å². The quantitative estimate of drug-likeness (QED) is 0.865. The van der Waals surface area contributed by atoms with Gasteiger partial charge in [0.2, 0.25) is 0 Å². The van der Waals surface area contributed by atoms with Gasteiger partial charge in [-0.15, -0.1) is 16.4 Å². The van der Waals surface area contributed by atoms with Crippen molar-refractivity contribution in [3.8, 4) is 0 Å². The first-order chi connectivity index (χ1) is 9.85. The average Bonchev–Trinajstić information content (AvgIpc) is 2.89. The Morgan fingerprint density at radius 3 is 2.95 bits per heavy atom. The maximum absolute atomic E-state index is 11.7. The molecule has 1 fully saturated rings. The number of hydrogen-bond acceptors (Lipinski definition) is 7. The van der Waals surface area contributed by atoms with Crippen molar-refractivity contribution in [2.45, 2.75) is 45.3 Å². The first-order valence-corrected chi connectivity index (χ1v) is 7.96. The lowest BCUT2D eigenvalue weighted by atomic mass is 9.94. The molecule has 1 unspecified atom stereocenters. The summed E-state index contributed by atoms with van der Waals surface area (Å²) in [4.78, 5) is 21.0. The zero-order valence-corrected chi connectivity index (χ0v) is 13.4. The normalized spacial score (nSPS) is 21.8. The molecular formula is C14H22N2O4S. The third-order valence-corrected chi connectivity index (χ3v) is 4.01. The van der Waals surface area contributed by atoms with Gasteiger partial charge in [0.1, 0.15) is 16.7 Å². The minimum Gasteiger partial charge on any atom is -0.427 e. The van der Waals surface area contributed by atoms with Gasteiger partial charge in [-0.05, 0) is 33.6 Å². The molecule has 0 bridgehead atoms. The van der Waals surface area contributed by atoms with Crippen LogP contribution in [-0.4, -0.2) is 40.0 Å². The number of ether oxygens (including phenoxy) is 1. The third-order valence-electron chi connectivity index (χ3n) is 3.16. The fraction of sp³-hybridized carbons (Fsp3) is 0.714. The predicted octanol–water partition coefficient (Wildman–Crippen LogP) is 2.76. The van der Waals surface area contributed by atoms with Crippen molar-refractivity contribution in [1.82, 2.24) is 10.0 Å². The Kier molecular flexibility index (Phi) is 5.18. The summed E-state index contributed by atoms with van der Waals surface area (Å²) in [5.41, 5.74) is -0.577. The highest BCUT2D eigenvalue weighted by Gasteiger charge is 2.31. The van der Waals surface area contributed by atoms with E-state index in [0.717, 1.165) is 12.8 Å². The summed E-state index contributed by atoms with van der Waals surface area (Å²) in [7, 11) is 0. The molecule has 1 aromatic rings. The topological polar surface area (TPSA) is 71.9 Å². The van der Waals surface area contributed by atoms with Crippen molar-refractivity contribution in [2.24, 2.45) is 5.92 Å². The second kappa shape index (κ2) is 6.72. The third kappa shape index (κ3) is 4.94. The van der Waals surface area contributed by atoms with Crippen molar-refractivity contribution in [2.75, 3.05) is 13.1 Å². The zero-order chi connectivity index (χ0) is 15.5. The van der Waals surface area contributed by atoms with E-state index in [4.69, 9.17) is 9.57 Å². The SMILES string of the molecule is CC(C)(C)OC(=O)ON1CCCC([C@H](O)c2nccs2)C1. The molecule has 0 radical (unpaired) electrons. The summed E-state index contributed by atoms with van der Waals surface area (Å²) in [5.74, 6) is 0.00679. The summed E-state index contributed by atoms with van der Waals surface area (Å²) >= 11 is 1.44. The molecular weight excluding hydrogens is 292 g/mol. The van der Waals surface area contributed by atoms with Crippen LogP contribution in [-0.2, 0) is 9.57 Å². The van der Waals surface area contributed by atoms with E-state index < -0.39 is 17.9 Å². The lowest BCUT2D eigenvalue weighted by Crippen LogP contribution is -2.40. The van der Waals surface area contributed by atoms with E-state index in [-0.39, 0.29) is 5.92 Å². The van der Waals surface area contributed by atoms with Crippen molar-refractivity contribution >= 4 is 17.5 Å². The number of carbonyl (C=O) groups is 1. The standard InChI is InChI=1S/C14H22N2O4S/c1-14(2,3)19-13(18)20-16-7-4-5-10(9-16)11(17)12-15-6-8-21-12/h6,8,10-11,17H,4-5,7,9H2,1-3H3/t10?,11-/m0/s1. The first-order valence-electron chi connectivity index (χ1n) is 7.08. The van der Waals surface area contributed by atoms with E-state index in [1.807, 2.05) is 5.38 Å². The van der Waals surface area contributed by atoms with Crippen LogP contribution in [0.5, 0.6) is 0 Å². The Bertz CT molecular complexity index is 458. The summed E-state index contributed by atoms with van der Waals surface area (Å²) in [5, 5.41) is 14.4. The Labute approximate surface area is 128 Å². The maximum atomic E-state index is 11.7. The van der Waals surface area contributed by atoms with Gasteiger partial charge in [-0.25, -0.2) is 9.78 Å². The molecule has 1 N–H and O–H groups in total. The van der Waals surface area contributed by atoms with Crippen LogP contribution in [0.1, 0.15) is 44.7 Å². The minimum atomic E-state index is -0.702. The predicted molar refractivity (Wildman–Crippen MR) is 78.7 cm³/mol. The number of hydroxylamine groups is 2. The molecule has 7 heteroatoms. The maximum Gasteiger partial charge on any atom is 0.528 e. The van der Waals surface area contributed by atoms with Gasteiger partial charge in [-0.2, -0.15) is 0 Å². The van der Waals surface area contributed by atoms with Crippen LogP contribution in [0, 0.1) is 5.92 Å². The number of rotatable bonds is 3. The van der Waals surface area contributed by atoms with E-state index in [9.17, 15) is 9.90 Å². The van der Waals surface area contributed by atoms with Crippen LogP contribution >= 0.6 is 11.3 Å². The Morgan fingerprint density at radius 1 is 1.57 bits per heavy atom. The van der Waals surface area contributed by atoms with Crippen LogP contribution in [0.25, 0.3) is 0 Å². The molecule has 0 saturated carbocycles. The van der Waals surface area contributed by atoms with Crippen LogP contribution in [0.3, 0.4) is 0 Å².